The first kappa shape index (κ1) is 13.6. The molecule has 0 aliphatic carbocycles. The van der Waals surface area contributed by atoms with E-state index in [1.54, 1.807) is 31.4 Å². The summed E-state index contributed by atoms with van der Waals surface area (Å²) in [6, 6.07) is 7.12. The van der Waals surface area contributed by atoms with E-state index in [4.69, 9.17) is 9.47 Å². The van der Waals surface area contributed by atoms with Crippen molar-refractivity contribution in [3.05, 3.63) is 35.5 Å². The molecule has 1 fully saturated rings. The smallest absolute Gasteiger partial charge is 0.275 e. The molecule has 1 saturated heterocycles. The number of carbonyl (C=O) groups is 2. The molecule has 6 nitrogen and oxygen atoms in total. The molecule has 3 rings (SSSR count). The topological polar surface area (TPSA) is 67.9 Å². The molecule has 0 saturated carbocycles. The van der Waals surface area contributed by atoms with E-state index in [1.807, 2.05) is 4.90 Å². The third-order valence-electron chi connectivity index (χ3n) is 3.61. The number of rotatable bonds is 3. The highest BCUT2D eigenvalue weighted by molar-refractivity contribution is 6.35. The van der Waals surface area contributed by atoms with Crippen molar-refractivity contribution in [3.8, 4) is 5.75 Å². The lowest BCUT2D eigenvalue weighted by atomic mass is 10.0. The molecule has 0 atom stereocenters. The van der Waals surface area contributed by atoms with Gasteiger partial charge in [0.05, 0.1) is 25.9 Å². The van der Waals surface area contributed by atoms with E-state index in [2.05, 4.69) is 5.32 Å². The molecule has 110 valence electrons. The number of imide groups is 1. The Labute approximate surface area is 122 Å². The number of amides is 2. The average Bonchev–Trinajstić information content (AvgIpc) is 2.82. The number of hydrogen-bond acceptors (Lipinski definition) is 5. The molecule has 0 spiro atoms. The van der Waals surface area contributed by atoms with Crippen molar-refractivity contribution in [3.63, 3.8) is 0 Å². The predicted molar refractivity (Wildman–Crippen MR) is 75.5 cm³/mol. The van der Waals surface area contributed by atoms with Crippen LogP contribution in [-0.4, -0.2) is 50.1 Å². The summed E-state index contributed by atoms with van der Waals surface area (Å²) in [5, 5.41) is 2.38. The highest BCUT2D eigenvalue weighted by Gasteiger charge is 2.35. The first-order valence-corrected chi connectivity index (χ1v) is 6.78. The number of nitrogens with one attached hydrogen (secondary N) is 1. The largest absolute Gasteiger partial charge is 0.497 e. The highest BCUT2D eigenvalue weighted by Crippen LogP contribution is 2.28. The van der Waals surface area contributed by atoms with Crippen LogP contribution in [0.15, 0.2) is 30.0 Å². The molecule has 0 radical (unpaired) electrons. The van der Waals surface area contributed by atoms with Crippen molar-refractivity contribution in [1.29, 1.82) is 0 Å². The predicted octanol–water partition coefficient (Wildman–Crippen LogP) is 0.395. The zero-order valence-electron chi connectivity index (χ0n) is 11.7. The summed E-state index contributed by atoms with van der Waals surface area (Å²) in [4.78, 5) is 26.1. The number of morpholine rings is 1. The van der Waals surface area contributed by atoms with Gasteiger partial charge in [0.15, 0.2) is 0 Å². The molecule has 1 N–H and O–H groups in total. The molecule has 1 aromatic rings. The number of benzene rings is 1. The first-order valence-electron chi connectivity index (χ1n) is 6.78. The van der Waals surface area contributed by atoms with Crippen LogP contribution in [0.2, 0.25) is 0 Å². The maximum atomic E-state index is 12.1. The van der Waals surface area contributed by atoms with E-state index >= 15 is 0 Å². The van der Waals surface area contributed by atoms with E-state index in [-0.39, 0.29) is 11.8 Å². The summed E-state index contributed by atoms with van der Waals surface area (Å²) in [7, 11) is 1.58. The van der Waals surface area contributed by atoms with Crippen LogP contribution in [0.1, 0.15) is 5.56 Å². The van der Waals surface area contributed by atoms with Crippen LogP contribution >= 0.6 is 0 Å². The Morgan fingerprint density at radius 1 is 1.10 bits per heavy atom. The van der Waals surface area contributed by atoms with Gasteiger partial charge in [-0.2, -0.15) is 0 Å². The lowest BCUT2D eigenvalue weighted by Gasteiger charge is -2.29. The second kappa shape index (κ2) is 5.57. The molecule has 0 aromatic heterocycles. The Morgan fingerprint density at radius 3 is 2.38 bits per heavy atom. The van der Waals surface area contributed by atoms with Crippen molar-refractivity contribution in [2.75, 3.05) is 33.4 Å². The fourth-order valence-electron chi connectivity index (χ4n) is 2.56. The van der Waals surface area contributed by atoms with Gasteiger partial charge in [-0.05, 0) is 17.7 Å². The van der Waals surface area contributed by atoms with Crippen molar-refractivity contribution < 1.29 is 19.1 Å². The van der Waals surface area contributed by atoms with E-state index < -0.39 is 0 Å². The Kier molecular flexibility index (Phi) is 3.62. The Morgan fingerprint density at radius 2 is 1.76 bits per heavy atom. The Hall–Kier alpha value is -2.34. The van der Waals surface area contributed by atoms with Gasteiger partial charge in [0.25, 0.3) is 11.8 Å². The Balaban J connectivity index is 2.02. The van der Waals surface area contributed by atoms with Gasteiger partial charge in [0.1, 0.15) is 11.4 Å². The van der Waals surface area contributed by atoms with Crippen LogP contribution in [0.5, 0.6) is 5.75 Å². The lowest BCUT2D eigenvalue weighted by Crippen LogP contribution is -2.39. The number of ether oxygens (including phenoxy) is 2. The zero-order valence-corrected chi connectivity index (χ0v) is 11.7. The molecule has 2 amide bonds. The molecule has 21 heavy (non-hydrogen) atoms. The number of methoxy groups -OCH3 is 1. The summed E-state index contributed by atoms with van der Waals surface area (Å²) in [5.74, 6) is 0.0105. The second-order valence-corrected chi connectivity index (χ2v) is 4.83. The maximum Gasteiger partial charge on any atom is 0.275 e. The van der Waals surface area contributed by atoms with Gasteiger partial charge in [-0.15, -0.1) is 0 Å². The summed E-state index contributed by atoms with van der Waals surface area (Å²) in [6.45, 7) is 2.33. The fourth-order valence-corrected chi connectivity index (χ4v) is 2.56. The summed E-state index contributed by atoms with van der Waals surface area (Å²) in [5.41, 5.74) is 1.57. The number of carbonyl (C=O) groups excluding carboxylic acids is 2. The molecule has 6 heteroatoms. The Bertz CT molecular complexity index is 601. The minimum Gasteiger partial charge on any atom is -0.497 e. The van der Waals surface area contributed by atoms with Crippen LogP contribution in [0, 0.1) is 0 Å². The van der Waals surface area contributed by atoms with E-state index in [1.165, 1.54) is 0 Å². The molecular formula is C15H16N2O4. The van der Waals surface area contributed by atoms with Gasteiger partial charge in [0, 0.05) is 13.1 Å². The van der Waals surface area contributed by atoms with Gasteiger partial charge in [0.2, 0.25) is 0 Å². The lowest BCUT2D eigenvalue weighted by molar-refractivity contribution is -0.124. The molecule has 1 aromatic carbocycles. The van der Waals surface area contributed by atoms with Crippen molar-refractivity contribution in [1.82, 2.24) is 10.2 Å². The summed E-state index contributed by atoms with van der Waals surface area (Å²) >= 11 is 0. The third-order valence-corrected chi connectivity index (χ3v) is 3.61. The normalized spacial score (nSPS) is 19.0. The van der Waals surface area contributed by atoms with Crippen LogP contribution in [0.25, 0.3) is 5.57 Å². The highest BCUT2D eigenvalue weighted by atomic mass is 16.5. The minimum atomic E-state index is -0.355. The quantitative estimate of drug-likeness (QED) is 0.815. The second-order valence-electron chi connectivity index (χ2n) is 4.83. The van der Waals surface area contributed by atoms with Crippen LogP contribution in [-0.2, 0) is 14.3 Å². The maximum absolute atomic E-state index is 12.1. The number of hydrogen-bond donors (Lipinski definition) is 1. The minimum absolute atomic E-state index is 0.340. The summed E-state index contributed by atoms with van der Waals surface area (Å²) < 4.78 is 10.4. The third kappa shape index (κ3) is 2.50. The molecular weight excluding hydrogens is 272 g/mol. The van der Waals surface area contributed by atoms with Gasteiger partial charge in [-0.1, -0.05) is 12.1 Å². The standard InChI is InChI=1S/C15H16N2O4/c1-20-11-4-2-10(3-5-11)12-13(15(19)16-14(12)18)17-6-8-21-9-7-17/h2-5H,6-9H2,1H3,(H,16,18,19). The molecule has 2 heterocycles. The molecule has 2 aliphatic heterocycles. The number of nitrogens with zero attached hydrogens (tertiary/aromatic N) is 1. The first-order chi connectivity index (χ1) is 10.2. The van der Waals surface area contributed by atoms with Gasteiger partial charge >= 0.3 is 0 Å². The van der Waals surface area contributed by atoms with Crippen molar-refractivity contribution >= 4 is 17.4 Å². The van der Waals surface area contributed by atoms with Crippen molar-refractivity contribution in [2.24, 2.45) is 0 Å². The van der Waals surface area contributed by atoms with Gasteiger partial charge in [-0.25, -0.2) is 0 Å². The van der Waals surface area contributed by atoms with Crippen molar-refractivity contribution in [2.45, 2.75) is 0 Å². The van der Waals surface area contributed by atoms with Gasteiger partial charge in [-0.3, -0.25) is 14.9 Å². The zero-order chi connectivity index (χ0) is 14.8. The molecule has 2 aliphatic rings. The van der Waals surface area contributed by atoms with Crippen LogP contribution < -0.4 is 10.1 Å². The van der Waals surface area contributed by atoms with Crippen LogP contribution in [0.3, 0.4) is 0 Å². The van der Waals surface area contributed by atoms with E-state index in [0.29, 0.717) is 48.9 Å². The molecule has 0 bridgehead atoms. The van der Waals surface area contributed by atoms with E-state index in [9.17, 15) is 9.59 Å². The molecule has 0 unspecified atom stereocenters. The monoisotopic (exact) mass is 288 g/mol. The fraction of sp³-hybridized carbons (Fsp3) is 0.333. The van der Waals surface area contributed by atoms with Crippen LogP contribution in [0.4, 0.5) is 0 Å². The summed E-state index contributed by atoms with van der Waals surface area (Å²) in [6.07, 6.45) is 0. The average molecular weight is 288 g/mol. The van der Waals surface area contributed by atoms with E-state index in [0.717, 1.165) is 0 Å². The van der Waals surface area contributed by atoms with Gasteiger partial charge < -0.3 is 14.4 Å². The SMILES string of the molecule is COc1ccc(C2=C(N3CCOCC3)C(=O)NC2=O)cc1.